The average molecular weight is 384 g/mol. The fourth-order valence-electron chi connectivity index (χ4n) is 3.24. The summed E-state index contributed by atoms with van der Waals surface area (Å²) in [4.78, 5) is 12.6. The smallest absolute Gasteiger partial charge is 0.320 e. The van der Waals surface area contributed by atoms with Gasteiger partial charge in [0.1, 0.15) is 17.5 Å². The lowest BCUT2D eigenvalue weighted by atomic mass is 10.0. The molecule has 0 aliphatic heterocycles. The number of carbonyl (C=O) groups excluding carboxylic acids is 1. The molecule has 7 heteroatoms. The summed E-state index contributed by atoms with van der Waals surface area (Å²) in [6.07, 6.45) is 0.450. The van der Waals surface area contributed by atoms with Crippen LogP contribution in [0.2, 0.25) is 0 Å². The van der Waals surface area contributed by atoms with Gasteiger partial charge in [0, 0.05) is 24.2 Å². The van der Waals surface area contributed by atoms with Gasteiger partial charge in [-0.2, -0.15) is 5.10 Å². The molecule has 1 heterocycles. The van der Waals surface area contributed by atoms with Crippen LogP contribution in [-0.2, 0) is 7.05 Å². The number of rotatable bonds is 5. The van der Waals surface area contributed by atoms with Gasteiger partial charge in [0.25, 0.3) is 0 Å². The van der Waals surface area contributed by atoms with Crippen LogP contribution in [0.5, 0.6) is 0 Å². The molecule has 0 spiro atoms. The fraction of sp³-hybridized carbons (Fsp3) is 0.238. The van der Waals surface area contributed by atoms with E-state index in [4.69, 9.17) is 0 Å². The summed E-state index contributed by atoms with van der Waals surface area (Å²) >= 11 is 0. The number of amides is 2. The lowest BCUT2D eigenvalue weighted by Gasteiger charge is -2.19. The van der Waals surface area contributed by atoms with Crippen LogP contribution in [0, 0.1) is 18.6 Å². The molecule has 2 aromatic carbocycles. The molecule has 1 atom stereocenters. The van der Waals surface area contributed by atoms with E-state index in [1.54, 1.807) is 11.7 Å². The molecule has 5 nitrogen and oxygen atoms in total. The number of urea groups is 1. The number of nitrogens with zero attached hydrogens (tertiary/aromatic N) is 2. The van der Waals surface area contributed by atoms with Gasteiger partial charge in [0.05, 0.1) is 11.7 Å². The van der Waals surface area contributed by atoms with E-state index >= 15 is 0 Å². The van der Waals surface area contributed by atoms with Crippen molar-refractivity contribution in [2.75, 3.05) is 5.32 Å². The van der Waals surface area contributed by atoms with E-state index in [1.165, 1.54) is 12.1 Å². The number of anilines is 1. The van der Waals surface area contributed by atoms with Crippen LogP contribution < -0.4 is 10.6 Å². The number of halogens is 2. The molecule has 2 amide bonds. The molecule has 0 saturated carbocycles. The summed E-state index contributed by atoms with van der Waals surface area (Å²) in [5.41, 5.74) is 2.77. The Hall–Kier alpha value is -3.22. The van der Waals surface area contributed by atoms with Crippen LogP contribution in [0.4, 0.5) is 19.4 Å². The third kappa shape index (κ3) is 4.03. The zero-order chi connectivity index (χ0) is 20.3. The quantitative estimate of drug-likeness (QED) is 0.654. The number of aromatic nitrogens is 2. The lowest BCUT2D eigenvalue weighted by molar-refractivity contribution is 0.247. The van der Waals surface area contributed by atoms with E-state index < -0.39 is 23.7 Å². The van der Waals surface area contributed by atoms with Crippen LogP contribution in [-0.4, -0.2) is 15.8 Å². The van der Waals surface area contributed by atoms with Crippen LogP contribution >= 0.6 is 0 Å². The SMILES string of the molecule is CCC(NC(=O)Nc1c(-c2ccccc2)c(C)nn1C)c1ccc(F)cc1F. The second-order valence-electron chi connectivity index (χ2n) is 6.52. The summed E-state index contributed by atoms with van der Waals surface area (Å²) in [5, 5.41) is 9.96. The lowest BCUT2D eigenvalue weighted by Crippen LogP contribution is -2.33. The Morgan fingerprint density at radius 3 is 2.54 bits per heavy atom. The van der Waals surface area contributed by atoms with Gasteiger partial charge in [-0.1, -0.05) is 43.3 Å². The first-order valence-corrected chi connectivity index (χ1v) is 9.02. The largest absolute Gasteiger partial charge is 0.331 e. The zero-order valence-electron chi connectivity index (χ0n) is 16.0. The van der Waals surface area contributed by atoms with Crippen LogP contribution in [0.3, 0.4) is 0 Å². The maximum absolute atomic E-state index is 14.1. The normalized spacial score (nSPS) is 11.9. The monoisotopic (exact) mass is 384 g/mol. The summed E-state index contributed by atoms with van der Waals surface area (Å²) in [6, 6.07) is 11.9. The second kappa shape index (κ2) is 8.21. The molecule has 0 fully saturated rings. The first-order chi connectivity index (χ1) is 13.4. The van der Waals surface area contributed by atoms with Gasteiger partial charge in [-0.05, 0) is 25.0 Å². The van der Waals surface area contributed by atoms with Gasteiger partial charge < -0.3 is 5.32 Å². The van der Waals surface area contributed by atoms with E-state index in [-0.39, 0.29) is 5.56 Å². The summed E-state index contributed by atoms with van der Waals surface area (Å²) < 4.78 is 28.9. The average Bonchev–Trinajstić information content (AvgIpc) is 2.94. The number of benzene rings is 2. The Balaban J connectivity index is 1.83. The molecule has 3 rings (SSSR count). The summed E-state index contributed by atoms with van der Waals surface area (Å²) in [5.74, 6) is -0.803. The topological polar surface area (TPSA) is 59.0 Å². The maximum Gasteiger partial charge on any atom is 0.320 e. The van der Waals surface area contributed by atoms with Crippen LogP contribution in [0.25, 0.3) is 11.1 Å². The Labute approximate surface area is 162 Å². The molecule has 146 valence electrons. The van der Waals surface area contributed by atoms with Crippen LogP contribution in [0.15, 0.2) is 48.5 Å². The van der Waals surface area contributed by atoms with Gasteiger partial charge in [-0.25, -0.2) is 13.6 Å². The Morgan fingerprint density at radius 2 is 1.89 bits per heavy atom. The van der Waals surface area contributed by atoms with Crippen LogP contribution in [0.1, 0.15) is 30.6 Å². The molecule has 28 heavy (non-hydrogen) atoms. The van der Waals surface area contributed by atoms with E-state index in [0.29, 0.717) is 12.2 Å². The number of hydrogen-bond acceptors (Lipinski definition) is 2. The molecule has 2 N–H and O–H groups in total. The van der Waals surface area contributed by atoms with Crippen molar-refractivity contribution in [2.24, 2.45) is 7.05 Å². The highest BCUT2D eigenvalue weighted by Gasteiger charge is 2.20. The first kappa shape index (κ1) is 19.5. The van der Waals surface area contributed by atoms with Crippen molar-refractivity contribution in [1.29, 1.82) is 0 Å². The van der Waals surface area contributed by atoms with Gasteiger partial charge in [0.15, 0.2) is 0 Å². The molecule has 1 aromatic heterocycles. The molecule has 0 saturated heterocycles. The Morgan fingerprint density at radius 1 is 1.18 bits per heavy atom. The van der Waals surface area contributed by atoms with E-state index in [1.807, 2.05) is 44.2 Å². The zero-order valence-corrected chi connectivity index (χ0v) is 16.0. The highest BCUT2D eigenvalue weighted by atomic mass is 19.1. The van der Waals surface area contributed by atoms with Gasteiger partial charge >= 0.3 is 6.03 Å². The van der Waals surface area contributed by atoms with Crippen molar-refractivity contribution >= 4 is 11.8 Å². The fourth-order valence-corrected chi connectivity index (χ4v) is 3.24. The minimum absolute atomic E-state index is 0.239. The number of aryl methyl sites for hydroxylation is 2. The number of hydrogen-bond donors (Lipinski definition) is 2. The molecule has 0 bridgehead atoms. The third-order valence-corrected chi connectivity index (χ3v) is 4.57. The summed E-state index contributed by atoms with van der Waals surface area (Å²) in [7, 11) is 1.74. The molecule has 0 aliphatic carbocycles. The van der Waals surface area contributed by atoms with E-state index in [9.17, 15) is 13.6 Å². The molecular weight excluding hydrogens is 362 g/mol. The van der Waals surface area contributed by atoms with Gasteiger partial charge in [-0.3, -0.25) is 10.00 Å². The molecule has 0 radical (unpaired) electrons. The minimum Gasteiger partial charge on any atom is -0.331 e. The van der Waals surface area contributed by atoms with E-state index in [2.05, 4.69) is 15.7 Å². The highest BCUT2D eigenvalue weighted by molar-refractivity contribution is 5.94. The van der Waals surface area contributed by atoms with Crippen molar-refractivity contribution in [2.45, 2.75) is 26.3 Å². The van der Waals surface area contributed by atoms with E-state index in [0.717, 1.165) is 22.9 Å². The Bertz CT molecular complexity index is 986. The van der Waals surface area contributed by atoms with Crippen molar-refractivity contribution in [3.8, 4) is 11.1 Å². The number of carbonyl (C=O) groups is 1. The van der Waals surface area contributed by atoms with Crippen molar-refractivity contribution < 1.29 is 13.6 Å². The predicted molar refractivity (Wildman–Crippen MR) is 105 cm³/mol. The van der Waals surface area contributed by atoms with Crippen molar-refractivity contribution in [3.05, 3.63) is 71.4 Å². The van der Waals surface area contributed by atoms with Crippen molar-refractivity contribution in [3.63, 3.8) is 0 Å². The Kier molecular flexibility index (Phi) is 5.73. The van der Waals surface area contributed by atoms with Gasteiger partial charge in [0.2, 0.25) is 0 Å². The molecule has 0 aliphatic rings. The molecule has 3 aromatic rings. The standard InChI is InChI=1S/C21H22F2N4O/c1-4-18(16-11-10-15(22)12-17(16)23)24-21(28)25-20-19(13(2)26-27(20)3)14-8-6-5-7-9-14/h5-12,18H,4H2,1-3H3,(H2,24,25,28). The molecule has 1 unspecified atom stereocenters. The first-order valence-electron chi connectivity index (χ1n) is 9.02. The highest BCUT2D eigenvalue weighted by Crippen LogP contribution is 2.31. The summed E-state index contributed by atoms with van der Waals surface area (Å²) in [6.45, 7) is 3.69. The van der Waals surface area contributed by atoms with Crippen molar-refractivity contribution in [1.82, 2.24) is 15.1 Å². The third-order valence-electron chi connectivity index (χ3n) is 4.57. The second-order valence-corrected chi connectivity index (χ2v) is 6.52. The maximum atomic E-state index is 14.1. The van der Waals surface area contributed by atoms with Gasteiger partial charge in [-0.15, -0.1) is 0 Å². The molecular formula is C21H22F2N4O. The predicted octanol–water partition coefficient (Wildman–Crippen LogP) is 4.95. The number of nitrogens with one attached hydrogen (secondary N) is 2. The minimum atomic E-state index is -0.687.